The Bertz CT molecular complexity index is 370. The number of hydrogen-bond acceptors (Lipinski definition) is 3. The zero-order valence-electron chi connectivity index (χ0n) is 10.5. The molecule has 0 amide bonds. The molecule has 0 bridgehead atoms. The van der Waals surface area contributed by atoms with Gasteiger partial charge in [0, 0.05) is 6.04 Å². The van der Waals surface area contributed by atoms with Gasteiger partial charge in [-0.2, -0.15) is 8.78 Å². The van der Waals surface area contributed by atoms with Gasteiger partial charge in [0.1, 0.15) is 11.5 Å². The molecular formula is C13H19F2NOS. The van der Waals surface area contributed by atoms with Crippen molar-refractivity contribution in [1.29, 1.82) is 0 Å². The predicted molar refractivity (Wildman–Crippen MR) is 69.6 cm³/mol. The summed E-state index contributed by atoms with van der Waals surface area (Å²) in [6, 6.07) is 4.27. The lowest BCUT2D eigenvalue weighted by Gasteiger charge is -2.01. The van der Waals surface area contributed by atoms with E-state index in [9.17, 15) is 8.78 Å². The summed E-state index contributed by atoms with van der Waals surface area (Å²) in [4.78, 5) is 0. The van der Waals surface area contributed by atoms with Crippen molar-refractivity contribution < 1.29 is 13.2 Å². The molecule has 1 saturated carbocycles. The normalized spacial score (nSPS) is 22.7. The number of hydrogen-bond donors (Lipinski definition) is 1. The van der Waals surface area contributed by atoms with Crippen molar-refractivity contribution in [2.45, 2.75) is 50.3 Å². The summed E-state index contributed by atoms with van der Waals surface area (Å²) in [6.07, 6.45) is 3.77. The lowest BCUT2D eigenvalue weighted by Crippen LogP contribution is -2.17. The van der Waals surface area contributed by atoms with E-state index in [1.54, 1.807) is 6.07 Å². The second-order valence-electron chi connectivity index (χ2n) is 4.71. The molecule has 1 heterocycles. The van der Waals surface area contributed by atoms with E-state index in [0.29, 0.717) is 30.1 Å². The number of alkyl halides is 2. The molecular weight excluding hydrogens is 256 g/mol. The first-order valence-corrected chi connectivity index (χ1v) is 7.44. The van der Waals surface area contributed by atoms with Crippen molar-refractivity contribution >= 4 is 11.8 Å². The third-order valence-electron chi connectivity index (χ3n) is 3.19. The number of nitrogens with one attached hydrogen (secondary N) is 1. The molecule has 0 aromatic carbocycles. The smallest absolute Gasteiger partial charge is 0.284 e. The van der Waals surface area contributed by atoms with Gasteiger partial charge in [-0.25, -0.2) is 0 Å². The third kappa shape index (κ3) is 4.28. The molecule has 0 aliphatic heterocycles. The van der Waals surface area contributed by atoms with E-state index in [4.69, 9.17) is 4.42 Å². The van der Waals surface area contributed by atoms with E-state index >= 15 is 0 Å². The average Bonchev–Trinajstić information content (AvgIpc) is 2.91. The van der Waals surface area contributed by atoms with Gasteiger partial charge in [-0.1, -0.05) is 25.1 Å². The minimum absolute atomic E-state index is 0.236. The second kappa shape index (κ2) is 6.57. The van der Waals surface area contributed by atoms with Crippen molar-refractivity contribution in [2.75, 3.05) is 0 Å². The van der Waals surface area contributed by atoms with Crippen LogP contribution in [-0.4, -0.2) is 11.8 Å². The van der Waals surface area contributed by atoms with Crippen LogP contribution in [0.1, 0.15) is 37.7 Å². The topological polar surface area (TPSA) is 25.2 Å². The summed E-state index contributed by atoms with van der Waals surface area (Å²) in [5.74, 6) is 0.177. The molecule has 0 radical (unpaired) electrons. The van der Waals surface area contributed by atoms with Crippen molar-refractivity contribution in [3.63, 3.8) is 0 Å². The van der Waals surface area contributed by atoms with Gasteiger partial charge in [0.15, 0.2) is 0 Å². The first kappa shape index (κ1) is 13.9. The number of halogens is 2. The molecule has 1 N–H and O–H groups in total. The molecule has 5 heteroatoms. The van der Waals surface area contributed by atoms with Crippen molar-refractivity contribution in [2.24, 2.45) is 5.92 Å². The van der Waals surface area contributed by atoms with Crippen LogP contribution >= 0.6 is 11.8 Å². The molecule has 18 heavy (non-hydrogen) atoms. The van der Waals surface area contributed by atoms with Crippen LogP contribution in [0.25, 0.3) is 0 Å². The maximum absolute atomic E-state index is 12.0. The van der Waals surface area contributed by atoms with Crippen LogP contribution in [0.2, 0.25) is 0 Å². The molecule has 1 aromatic rings. The minimum atomic E-state index is -2.34. The Morgan fingerprint density at radius 3 is 2.94 bits per heavy atom. The number of rotatable bonds is 8. The average molecular weight is 275 g/mol. The molecule has 102 valence electrons. The first-order valence-electron chi connectivity index (χ1n) is 6.39. The first-order chi connectivity index (χ1) is 8.69. The minimum Gasteiger partial charge on any atom is -0.464 e. The molecule has 1 fully saturated rings. The Morgan fingerprint density at radius 2 is 2.22 bits per heavy atom. The van der Waals surface area contributed by atoms with Crippen LogP contribution in [0, 0.1) is 5.92 Å². The van der Waals surface area contributed by atoms with Crippen LogP contribution in [-0.2, 0) is 12.3 Å². The van der Waals surface area contributed by atoms with E-state index in [1.807, 2.05) is 6.07 Å². The van der Waals surface area contributed by atoms with Gasteiger partial charge >= 0.3 is 0 Å². The number of thioether (sulfide) groups is 1. The summed E-state index contributed by atoms with van der Waals surface area (Å²) in [7, 11) is 0. The van der Waals surface area contributed by atoms with Crippen molar-refractivity contribution in [3.05, 3.63) is 23.7 Å². The summed E-state index contributed by atoms with van der Waals surface area (Å²) >= 11 is 0.594. The Kier molecular flexibility index (Phi) is 5.06. The molecule has 1 aliphatic rings. The molecule has 2 rings (SSSR count). The summed E-state index contributed by atoms with van der Waals surface area (Å²) in [5.41, 5.74) is 0. The summed E-state index contributed by atoms with van der Waals surface area (Å²) in [5, 5.41) is 3.44. The van der Waals surface area contributed by atoms with E-state index in [1.165, 1.54) is 19.3 Å². The van der Waals surface area contributed by atoms with Crippen LogP contribution in [0.3, 0.4) is 0 Å². The molecule has 2 atom stereocenters. The van der Waals surface area contributed by atoms with Crippen LogP contribution in [0.15, 0.2) is 16.5 Å². The zero-order chi connectivity index (χ0) is 13.0. The Morgan fingerprint density at radius 1 is 1.44 bits per heavy atom. The van der Waals surface area contributed by atoms with E-state index in [2.05, 4.69) is 12.2 Å². The summed E-state index contributed by atoms with van der Waals surface area (Å²) in [6.45, 7) is 2.90. The van der Waals surface area contributed by atoms with Gasteiger partial charge in [-0.05, 0) is 30.9 Å². The quantitative estimate of drug-likeness (QED) is 0.776. The largest absolute Gasteiger partial charge is 0.464 e. The third-order valence-corrected chi connectivity index (χ3v) is 3.89. The Labute approximate surface area is 111 Å². The number of furan rings is 1. The van der Waals surface area contributed by atoms with E-state index < -0.39 is 5.76 Å². The maximum atomic E-state index is 12.0. The molecule has 2 nitrogen and oxygen atoms in total. The van der Waals surface area contributed by atoms with E-state index in [0.717, 1.165) is 11.7 Å². The fourth-order valence-electron chi connectivity index (χ4n) is 2.16. The fourth-order valence-corrected chi connectivity index (χ4v) is 2.60. The lowest BCUT2D eigenvalue weighted by atomic mass is 10.2. The molecule has 1 aromatic heterocycles. The second-order valence-corrected chi connectivity index (χ2v) is 5.69. The van der Waals surface area contributed by atoms with Gasteiger partial charge in [0.2, 0.25) is 0 Å². The predicted octanol–water partition coefficient (Wildman–Crippen LogP) is 4.01. The van der Waals surface area contributed by atoms with Crippen molar-refractivity contribution in [3.8, 4) is 0 Å². The van der Waals surface area contributed by atoms with Gasteiger partial charge in [-0.3, -0.25) is 0 Å². The molecule has 1 aliphatic carbocycles. The van der Waals surface area contributed by atoms with Crippen LogP contribution in [0.5, 0.6) is 0 Å². The highest BCUT2D eigenvalue weighted by molar-refractivity contribution is 7.98. The summed E-state index contributed by atoms with van der Waals surface area (Å²) < 4.78 is 29.5. The standard InChI is InChI=1S/C13H19F2NOS/c1-2-3-9-6-12(9)16-7-10-4-5-11(17-10)8-18-13(14)15/h4-5,9,12-13,16H,2-3,6-8H2,1H3. The maximum Gasteiger partial charge on any atom is 0.284 e. The van der Waals surface area contributed by atoms with Crippen LogP contribution < -0.4 is 5.32 Å². The van der Waals surface area contributed by atoms with Gasteiger partial charge < -0.3 is 9.73 Å². The molecule has 0 saturated heterocycles. The van der Waals surface area contributed by atoms with Crippen molar-refractivity contribution in [1.82, 2.24) is 5.32 Å². The lowest BCUT2D eigenvalue weighted by molar-refractivity contribution is 0.251. The SMILES string of the molecule is CCCC1CC1NCc1ccc(CSC(F)F)o1. The highest BCUT2D eigenvalue weighted by Crippen LogP contribution is 2.34. The highest BCUT2D eigenvalue weighted by Gasteiger charge is 2.35. The Balaban J connectivity index is 1.67. The van der Waals surface area contributed by atoms with E-state index in [-0.39, 0.29) is 5.75 Å². The van der Waals surface area contributed by atoms with Crippen LogP contribution in [0.4, 0.5) is 8.78 Å². The monoisotopic (exact) mass is 275 g/mol. The fraction of sp³-hybridized carbons (Fsp3) is 0.692. The van der Waals surface area contributed by atoms with Gasteiger partial charge in [-0.15, -0.1) is 0 Å². The highest BCUT2D eigenvalue weighted by atomic mass is 32.2. The molecule has 0 spiro atoms. The Hall–Kier alpha value is -0.550. The van der Waals surface area contributed by atoms with Gasteiger partial charge in [0.25, 0.3) is 5.76 Å². The zero-order valence-corrected chi connectivity index (χ0v) is 11.3. The molecule has 2 unspecified atom stereocenters. The van der Waals surface area contributed by atoms with Gasteiger partial charge in [0.05, 0.1) is 12.3 Å².